The van der Waals surface area contributed by atoms with E-state index in [1.165, 1.54) is 19.3 Å². The molecule has 4 aliphatic rings. The first kappa shape index (κ1) is 18.8. The van der Waals surface area contributed by atoms with Crippen LogP contribution in [-0.2, 0) is 4.79 Å². The summed E-state index contributed by atoms with van der Waals surface area (Å²) < 4.78 is 0. The van der Waals surface area contributed by atoms with E-state index in [-0.39, 0.29) is 22.8 Å². The average Bonchev–Trinajstić information content (AvgIpc) is 3.32. The Kier molecular flexibility index (Phi) is 4.15. The highest BCUT2D eigenvalue weighted by atomic mass is 35.5. The van der Waals surface area contributed by atoms with Crippen molar-refractivity contribution >= 4 is 23.2 Å². The minimum Gasteiger partial charge on any atom is -0.355 e. The van der Waals surface area contributed by atoms with E-state index in [1.54, 1.807) is 0 Å². The van der Waals surface area contributed by atoms with Crippen molar-refractivity contribution in [2.75, 3.05) is 0 Å². The summed E-state index contributed by atoms with van der Waals surface area (Å²) in [6.45, 7) is 6.98. The van der Waals surface area contributed by atoms with Crippen LogP contribution in [0.1, 0.15) is 45.6 Å². The number of hydrogen-bond acceptors (Lipinski definition) is 3. The van der Waals surface area contributed by atoms with Gasteiger partial charge in [0.15, 0.2) is 6.17 Å². The van der Waals surface area contributed by atoms with Gasteiger partial charge in [-0.05, 0) is 60.3 Å². The van der Waals surface area contributed by atoms with Crippen LogP contribution >= 0.6 is 11.6 Å². The Bertz CT molecular complexity index is 958. The number of halogens is 1. The van der Waals surface area contributed by atoms with Gasteiger partial charge >= 0.3 is 0 Å². The van der Waals surface area contributed by atoms with E-state index in [1.807, 2.05) is 53.6 Å². The molecule has 1 aromatic carbocycles. The fraction of sp³-hybridized carbons (Fsp3) is 0.458. The van der Waals surface area contributed by atoms with E-state index in [9.17, 15) is 4.79 Å². The molecule has 2 N–H and O–H groups in total. The van der Waals surface area contributed by atoms with Crippen molar-refractivity contribution in [1.29, 1.82) is 0 Å². The lowest BCUT2D eigenvalue weighted by molar-refractivity contribution is -0.128. The van der Waals surface area contributed by atoms with Gasteiger partial charge in [0, 0.05) is 22.8 Å². The van der Waals surface area contributed by atoms with Gasteiger partial charge in [-0.3, -0.25) is 4.79 Å². The molecule has 2 aliphatic carbocycles. The molecule has 2 fully saturated rings. The van der Waals surface area contributed by atoms with Gasteiger partial charge < -0.3 is 15.5 Å². The summed E-state index contributed by atoms with van der Waals surface area (Å²) in [5.41, 5.74) is 3.25. The van der Waals surface area contributed by atoms with Crippen LogP contribution in [0.2, 0.25) is 5.02 Å². The van der Waals surface area contributed by atoms with Crippen LogP contribution < -0.4 is 10.6 Å². The Morgan fingerprint density at radius 3 is 2.83 bits per heavy atom. The van der Waals surface area contributed by atoms with Crippen molar-refractivity contribution in [1.82, 2.24) is 15.5 Å². The summed E-state index contributed by atoms with van der Waals surface area (Å²) in [5, 5.41) is 7.60. The molecule has 5 heteroatoms. The van der Waals surface area contributed by atoms with Crippen molar-refractivity contribution in [3.8, 4) is 0 Å². The standard InChI is InChI=1S/C24H28ClN3O/c1-23(2)16-10-11-24(3,14-16)22(23)27-21(29)20-26-19(15-7-6-8-17(25)13-15)18-9-4-5-12-28(18)20/h4-9,12-13,16,20,22,26H,10-11,14H2,1-3H3,(H,27,29)/t16-,20?,22+,24+/m1/s1. The third-order valence-electron chi connectivity index (χ3n) is 7.62. The zero-order valence-electron chi connectivity index (χ0n) is 17.2. The first-order valence-electron chi connectivity index (χ1n) is 10.5. The Morgan fingerprint density at radius 1 is 1.28 bits per heavy atom. The number of fused-ring (bicyclic) bond motifs is 3. The Morgan fingerprint density at radius 2 is 2.10 bits per heavy atom. The highest BCUT2D eigenvalue weighted by Gasteiger charge is 2.60. The number of amides is 1. The maximum atomic E-state index is 13.5. The van der Waals surface area contributed by atoms with E-state index < -0.39 is 6.17 Å². The minimum atomic E-state index is -0.460. The van der Waals surface area contributed by atoms with Crippen LogP contribution in [0.3, 0.4) is 0 Å². The fourth-order valence-corrected chi connectivity index (χ4v) is 6.31. The molecule has 29 heavy (non-hydrogen) atoms. The predicted octanol–water partition coefficient (Wildman–Crippen LogP) is 4.65. The van der Waals surface area contributed by atoms with Crippen LogP contribution in [0.4, 0.5) is 0 Å². The number of hydrogen-bond donors (Lipinski definition) is 2. The SMILES string of the molecule is CC1(C)[C@@H]2CC[C@@](C)(C2)[C@H]1NC(=O)C1NC(c2cccc(Cl)c2)=C2C=CC=CN21. The van der Waals surface area contributed by atoms with E-state index in [0.29, 0.717) is 10.9 Å². The molecular weight excluding hydrogens is 382 g/mol. The number of benzene rings is 1. The highest BCUT2D eigenvalue weighted by Crippen LogP contribution is 2.62. The van der Waals surface area contributed by atoms with Crippen molar-refractivity contribution in [3.05, 3.63) is 65.0 Å². The third-order valence-corrected chi connectivity index (χ3v) is 7.86. The molecule has 2 heterocycles. The van der Waals surface area contributed by atoms with Gasteiger partial charge in [0.25, 0.3) is 5.91 Å². The number of nitrogens with zero attached hydrogens (tertiary/aromatic N) is 1. The molecule has 1 unspecified atom stereocenters. The summed E-state index contributed by atoms with van der Waals surface area (Å²) in [7, 11) is 0. The first-order valence-corrected chi connectivity index (χ1v) is 10.9. The highest BCUT2D eigenvalue weighted by molar-refractivity contribution is 6.30. The zero-order chi connectivity index (χ0) is 20.4. The molecule has 2 aliphatic heterocycles. The van der Waals surface area contributed by atoms with Crippen LogP contribution in [0.25, 0.3) is 5.70 Å². The van der Waals surface area contributed by atoms with Gasteiger partial charge in [-0.15, -0.1) is 0 Å². The molecule has 4 nitrogen and oxygen atoms in total. The average molecular weight is 410 g/mol. The van der Waals surface area contributed by atoms with Crippen LogP contribution in [0, 0.1) is 16.7 Å². The maximum absolute atomic E-state index is 13.5. The molecule has 1 aromatic rings. The van der Waals surface area contributed by atoms with Gasteiger partial charge in [-0.1, -0.05) is 50.6 Å². The topological polar surface area (TPSA) is 44.4 Å². The fourth-order valence-electron chi connectivity index (χ4n) is 6.12. The molecule has 4 atom stereocenters. The van der Waals surface area contributed by atoms with Gasteiger partial charge in [0.2, 0.25) is 0 Å². The van der Waals surface area contributed by atoms with Gasteiger partial charge in [0.1, 0.15) is 0 Å². The van der Waals surface area contributed by atoms with Crippen LogP contribution in [0.5, 0.6) is 0 Å². The Hall–Kier alpha value is -2.20. The molecule has 2 bridgehead atoms. The van der Waals surface area contributed by atoms with E-state index in [0.717, 1.165) is 17.0 Å². The van der Waals surface area contributed by atoms with Crippen molar-refractivity contribution < 1.29 is 4.79 Å². The lowest BCUT2D eigenvalue weighted by atomic mass is 9.68. The number of rotatable bonds is 3. The second-order valence-corrected chi connectivity index (χ2v) is 10.2. The number of nitrogens with one attached hydrogen (secondary N) is 2. The lowest BCUT2D eigenvalue weighted by Gasteiger charge is -2.43. The lowest BCUT2D eigenvalue weighted by Crippen LogP contribution is -2.58. The summed E-state index contributed by atoms with van der Waals surface area (Å²) in [6, 6.07) is 7.95. The van der Waals surface area contributed by atoms with E-state index in [4.69, 9.17) is 11.6 Å². The summed E-state index contributed by atoms with van der Waals surface area (Å²) in [4.78, 5) is 15.5. The molecule has 5 rings (SSSR count). The summed E-state index contributed by atoms with van der Waals surface area (Å²) in [6.07, 6.45) is 11.2. The molecule has 0 radical (unpaired) electrons. The van der Waals surface area contributed by atoms with Gasteiger partial charge in [-0.25, -0.2) is 0 Å². The zero-order valence-corrected chi connectivity index (χ0v) is 18.0. The van der Waals surface area contributed by atoms with Crippen LogP contribution in [0.15, 0.2) is 54.4 Å². The predicted molar refractivity (Wildman–Crippen MR) is 117 cm³/mol. The van der Waals surface area contributed by atoms with Crippen molar-refractivity contribution in [2.45, 2.75) is 52.2 Å². The summed E-state index contributed by atoms with van der Waals surface area (Å²) in [5.74, 6) is 0.731. The van der Waals surface area contributed by atoms with E-state index in [2.05, 4.69) is 31.4 Å². The Balaban J connectivity index is 1.42. The molecule has 0 spiro atoms. The number of carbonyl (C=O) groups excluding carboxylic acids is 1. The largest absolute Gasteiger partial charge is 0.355 e. The third kappa shape index (κ3) is 2.83. The summed E-state index contributed by atoms with van der Waals surface area (Å²) >= 11 is 6.22. The monoisotopic (exact) mass is 409 g/mol. The molecular formula is C24H28ClN3O. The maximum Gasteiger partial charge on any atom is 0.264 e. The Labute approximate surface area is 177 Å². The molecule has 2 saturated carbocycles. The van der Waals surface area contributed by atoms with Gasteiger partial charge in [0.05, 0.1) is 11.4 Å². The smallest absolute Gasteiger partial charge is 0.264 e. The quantitative estimate of drug-likeness (QED) is 0.763. The second-order valence-electron chi connectivity index (χ2n) is 9.78. The molecule has 0 saturated heterocycles. The van der Waals surface area contributed by atoms with Crippen molar-refractivity contribution in [3.63, 3.8) is 0 Å². The van der Waals surface area contributed by atoms with Crippen LogP contribution in [-0.4, -0.2) is 23.0 Å². The normalized spacial score (nSPS) is 33.8. The minimum absolute atomic E-state index is 0.0336. The molecule has 1 amide bonds. The van der Waals surface area contributed by atoms with Gasteiger partial charge in [-0.2, -0.15) is 0 Å². The first-order chi connectivity index (χ1) is 13.8. The molecule has 152 valence electrons. The van der Waals surface area contributed by atoms with E-state index >= 15 is 0 Å². The number of allylic oxidation sites excluding steroid dienone is 3. The second kappa shape index (κ2) is 6.40. The molecule has 0 aromatic heterocycles. The van der Waals surface area contributed by atoms with Crippen molar-refractivity contribution in [2.24, 2.45) is 16.7 Å². The number of carbonyl (C=O) groups is 1.